The molecule has 0 spiro atoms. The van der Waals surface area contributed by atoms with E-state index in [2.05, 4.69) is 17.1 Å². The van der Waals surface area contributed by atoms with Gasteiger partial charge in [0.2, 0.25) is 5.91 Å². The molecule has 4 nitrogen and oxygen atoms in total. The molecule has 0 radical (unpaired) electrons. The van der Waals surface area contributed by atoms with Crippen molar-refractivity contribution in [1.82, 2.24) is 9.88 Å². The fourth-order valence-electron chi connectivity index (χ4n) is 3.28. The van der Waals surface area contributed by atoms with Gasteiger partial charge in [0, 0.05) is 25.5 Å². The Morgan fingerprint density at radius 1 is 1.17 bits per heavy atom. The smallest absolute Gasteiger partial charge is 0.232 e. The molecule has 0 bridgehead atoms. The van der Waals surface area contributed by atoms with Gasteiger partial charge in [-0.2, -0.15) is 0 Å². The highest BCUT2D eigenvalue weighted by atomic mass is 16.5. The fraction of sp³-hybridized carbons (Fsp3) is 0.400. The first kappa shape index (κ1) is 16.5. The topological polar surface area (TPSA) is 42.4 Å². The number of methoxy groups -OCH3 is 1. The van der Waals surface area contributed by atoms with Crippen LogP contribution in [-0.2, 0) is 23.1 Å². The highest BCUT2D eigenvalue weighted by Crippen LogP contribution is 2.27. The van der Waals surface area contributed by atoms with Gasteiger partial charge in [-0.05, 0) is 61.6 Å². The Balaban J connectivity index is 1.78. The average Bonchev–Trinajstić information content (AvgIpc) is 2.83. The third-order valence-electron chi connectivity index (χ3n) is 4.92. The van der Waals surface area contributed by atoms with Crippen molar-refractivity contribution in [2.24, 2.45) is 0 Å². The molecule has 1 amide bonds. The Hall–Kier alpha value is -2.36. The number of benzene rings is 1. The number of amides is 1. The van der Waals surface area contributed by atoms with E-state index in [0.29, 0.717) is 0 Å². The SMILES string of the molecule is COc1ccc2c(c1)CCN(C(=O)C(C)(C)c1cccnc1)CC2. The minimum absolute atomic E-state index is 0.162. The van der Waals surface area contributed by atoms with Crippen LogP contribution in [0.5, 0.6) is 5.75 Å². The molecular formula is C20H24N2O2. The van der Waals surface area contributed by atoms with Gasteiger partial charge < -0.3 is 9.64 Å². The number of aromatic nitrogens is 1. The van der Waals surface area contributed by atoms with Crippen LogP contribution in [0.15, 0.2) is 42.7 Å². The van der Waals surface area contributed by atoms with Crippen molar-refractivity contribution in [3.05, 3.63) is 59.4 Å². The van der Waals surface area contributed by atoms with Crippen molar-refractivity contribution >= 4 is 5.91 Å². The van der Waals surface area contributed by atoms with E-state index in [9.17, 15) is 4.79 Å². The van der Waals surface area contributed by atoms with E-state index >= 15 is 0 Å². The number of hydrogen-bond donors (Lipinski definition) is 0. The standard InChI is InChI=1S/C20H24N2O2/c1-20(2,17-5-4-10-21-14-17)19(23)22-11-8-15-6-7-18(24-3)13-16(15)9-12-22/h4-7,10,13-14H,8-9,11-12H2,1-3H3. The Morgan fingerprint density at radius 2 is 1.92 bits per heavy atom. The number of hydrogen-bond acceptors (Lipinski definition) is 3. The van der Waals surface area contributed by atoms with Crippen LogP contribution in [0.2, 0.25) is 0 Å². The lowest BCUT2D eigenvalue weighted by molar-refractivity contribution is -0.136. The lowest BCUT2D eigenvalue weighted by Gasteiger charge is -2.31. The summed E-state index contributed by atoms with van der Waals surface area (Å²) in [5.74, 6) is 1.04. The zero-order valence-electron chi connectivity index (χ0n) is 14.6. The molecule has 0 atom stereocenters. The van der Waals surface area contributed by atoms with Crippen LogP contribution in [0.1, 0.15) is 30.5 Å². The number of pyridine rings is 1. The van der Waals surface area contributed by atoms with Gasteiger partial charge in [0.05, 0.1) is 12.5 Å². The summed E-state index contributed by atoms with van der Waals surface area (Å²) in [5, 5.41) is 0. The first-order valence-electron chi connectivity index (χ1n) is 8.38. The van der Waals surface area contributed by atoms with Crippen LogP contribution >= 0.6 is 0 Å². The first-order chi connectivity index (χ1) is 11.5. The molecule has 4 heteroatoms. The number of fused-ring (bicyclic) bond motifs is 1. The molecule has 1 aliphatic rings. The van der Waals surface area contributed by atoms with Crippen molar-refractivity contribution in [1.29, 1.82) is 0 Å². The predicted octanol–water partition coefficient (Wildman–Crippen LogP) is 3.00. The molecule has 0 unspecified atom stereocenters. The Morgan fingerprint density at radius 3 is 2.58 bits per heavy atom. The monoisotopic (exact) mass is 324 g/mol. The van der Waals surface area contributed by atoms with Gasteiger partial charge in [-0.3, -0.25) is 9.78 Å². The largest absolute Gasteiger partial charge is 0.497 e. The summed E-state index contributed by atoms with van der Waals surface area (Å²) < 4.78 is 5.32. The van der Waals surface area contributed by atoms with Gasteiger partial charge in [-0.25, -0.2) is 0 Å². The van der Waals surface area contributed by atoms with Crippen LogP contribution in [0, 0.1) is 0 Å². The van der Waals surface area contributed by atoms with Crippen LogP contribution < -0.4 is 4.74 Å². The van der Waals surface area contributed by atoms with E-state index in [4.69, 9.17) is 4.74 Å². The molecule has 0 aliphatic carbocycles. The van der Waals surface area contributed by atoms with E-state index < -0.39 is 5.41 Å². The highest BCUT2D eigenvalue weighted by molar-refractivity contribution is 5.87. The Labute approximate surface area is 143 Å². The number of ether oxygens (including phenoxy) is 1. The van der Waals surface area contributed by atoms with Crippen LogP contribution in [0.25, 0.3) is 0 Å². The molecule has 0 N–H and O–H groups in total. The zero-order chi connectivity index (χ0) is 17.2. The van der Waals surface area contributed by atoms with Crippen molar-refractivity contribution in [3.8, 4) is 5.75 Å². The van der Waals surface area contributed by atoms with Crippen molar-refractivity contribution in [2.75, 3.05) is 20.2 Å². The van der Waals surface area contributed by atoms with E-state index in [1.807, 2.05) is 36.9 Å². The quantitative estimate of drug-likeness (QED) is 0.871. The second-order valence-electron chi connectivity index (χ2n) is 6.79. The molecule has 2 heterocycles. The maximum atomic E-state index is 13.1. The summed E-state index contributed by atoms with van der Waals surface area (Å²) in [6.07, 6.45) is 5.27. The summed E-state index contributed by atoms with van der Waals surface area (Å²) in [7, 11) is 1.69. The molecule has 3 rings (SSSR count). The number of rotatable bonds is 3. The number of nitrogens with zero attached hydrogens (tertiary/aromatic N) is 2. The third-order valence-corrected chi connectivity index (χ3v) is 4.92. The van der Waals surface area contributed by atoms with Crippen molar-refractivity contribution in [2.45, 2.75) is 32.1 Å². The molecule has 1 aromatic heterocycles. The molecule has 0 saturated heterocycles. The fourth-order valence-corrected chi connectivity index (χ4v) is 3.28. The molecule has 1 aliphatic heterocycles. The summed E-state index contributed by atoms with van der Waals surface area (Å²) in [6, 6.07) is 10.1. The molecule has 24 heavy (non-hydrogen) atoms. The highest BCUT2D eigenvalue weighted by Gasteiger charge is 2.34. The first-order valence-corrected chi connectivity index (χ1v) is 8.38. The minimum Gasteiger partial charge on any atom is -0.497 e. The molecule has 2 aromatic rings. The summed E-state index contributed by atoms with van der Waals surface area (Å²) in [5.41, 5.74) is 2.98. The average molecular weight is 324 g/mol. The van der Waals surface area contributed by atoms with Gasteiger partial charge in [-0.1, -0.05) is 12.1 Å². The Bertz CT molecular complexity index is 726. The van der Waals surface area contributed by atoms with E-state index in [1.54, 1.807) is 19.5 Å². The van der Waals surface area contributed by atoms with Gasteiger partial charge in [-0.15, -0.1) is 0 Å². The summed E-state index contributed by atoms with van der Waals surface area (Å²) in [4.78, 5) is 19.3. The normalized spacial score (nSPS) is 14.7. The Kier molecular flexibility index (Phi) is 4.56. The molecule has 1 aromatic carbocycles. The van der Waals surface area contributed by atoms with Gasteiger partial charge in [0.1, 0.15) is 5.75 Å². The van der Waals surface area contributed by atoms with Crippen molar-refractivity contribution in [3.63, 3.8) is 0 Å². The summed E-state index contributed by atoms with van der Waals surface area (Å²) >= 11 is 0. The van der Waals surface area contributed by atoms with E-state index in [0.717, 1.165) is 37.2 Å². The minimum atomic E-state index is -0.567. The maximum absolute atomic E-state index is 13.1. The number of carbonyl (C=O) groups excluding carboxylic acids is 1. The predicted molar refractivity (Wildman–Crippen MR) is 94.2 cm³/mol. The van der Waals surface area contributed by atoms with E-state index in [1.165, 1.54) is 11.1 Å². The molecule has 0 saturated carbocycles. The van der Waals surface area contributed by atoms with Crippen LogP contribution in [0.4, 0.5) is 0 Å². The zero-order valence-corrected chi connectivity index (χ0v) is 14.6. The molecule has 0 fully saturated rings. The maximum Gasteiger partial charge on any atom is 0.232 e. The van der Waals surface area contributed by atoms with Crippen LogP contribution in [0.3, 0.4) is 0 Å². The second kappa shape index (κ2) is 6.63. The third kappa shape index (κ3) is 3.14. The lowest BCUT2D eigenvalue weighted by Crippen LogP contribution is -2.44. The second-order valence-corrected chi connectivity index (χ2v) is 6.79. The summed E-state index contributed by atoms with van der Waals surface area (Å²) in [6.45, 7) is 5.45. The van der Waals surface area contributed by atoms with Crippen molar-refractivity contribution < 1.29 is 9.53 Å². The van der Waals surface area contributed by atoms with Gasteiger partial charge in [0.25, 0.3) is 0 Å². The molecule has 126 valence electrons. The van der Waals surface area contributed by atoms with Crippen LogP contribution in [-0.4, -0.2) is 36.0 Å². The van der Waals surface area contributed by atoms with E-state index in [-0.39, 0.29) is 5.91 Å². The lowest BCUT2D eigenvalue weighted by atomic mass is 9.84. The van der Waals surface area contributed by atoms with Gasteiger partial charge >= 0.3 is 0 Å². The number of carbonyl (C=O) groups is 1. The molecular weight excluding hydrogens is 300 g/mol. The van der Waals surface area contributed by atoms with Gasteiger partial charge in [0.15, 0.2) is 0 Å².